The van der Waals surface area contributed by atoms with Crippen molar-refractivity contribution in [1.82, 2.24) is 5.32 Å². The summed E-state index contributed by atoms with van der Waals surface area (Å²) in [6.45, 7) is 2.68. The van der Waals surface area contributed by atoms with Gasteiger partial charge in [-0.3, -0.25) is 4.21 Å². The van der Waals surface area contributed by atoms with Gasteiger partial charge >= 0.3 is 6.18 Å². The average Bonchev–Trinajstić information content (AvgIpc) is 2.28. The second-order valence-electron chi connectivity index (χ2n) is 4.14. The van der Waals surface area contributed by atoms with Crippen LogP contribution in [0.4, 0.5) is 13.2 Å². The maximum absolute atomic E-state index is 12.5. The van der Waals surface area contributed by atoms with E-state index in [4.69, 9.17) is 0 Å². The van der Waals surface area contributed by atoms with Crippen molar-refractivity contribution in [2.75, 3.05) is 12.8 Å². The Kier molecular flexibility index (Phi) is 5.34. The first-order valence-electron chi connectivity index (χ1n) is 5.50. The van der Waals surface area contributed by atoms with Crippen molar-refractivity contribution in [1.29, 1.82) is 0 Å². The van der Waals surface area contributed by atoms with Gasteiger partial charge in [0.05, 0.1) is 5.56 Å². The number of nitrogens with one attached hydrogen (secondary N) is 1. The lowest BCUT2D eigenvalue weighted by Gasteiger charge is -2.11. The zero-order chi connectivity index (χ0) is 13.8. The molecule has 2 atom stereocenters. The molecule has 0 saturated heterocycles. The van der Waals surface area contributed by atoms with E-state index in [1.54, 1.807) is 12.3 Å². The summed E-state index contributed by atoms with van der Waals surface area (Å²) < 4.78 is 48.5. The van der Waals surface area contributed by atoms with Gasteiger partial charge in [-0.2, -0.15) is 13.2 Å². The number of hydrogen-bond acceptors (Lipinski definition) is 2. The van der Waals surface area contributed by atoms with Crippen LogP contribution in [0, 0.1) is 0 Å². The maximum atomic E-state index is 12.5. The molecule has 1 rings (SSSR count). The van der Waals surface area contributed by atoms with Crippen LogP contribution in [-0.4, -0.2) is 22.3 Å². The van der Waals surface area contributed by atoms with Gasteiger partial charge in [0, 0.05) is 35.4 Å². The highest BCUT2D eigenvalue weighted by Gasteiger charge is 2.30. The lowest BCUT2D eigenvalue weighted by molar-refractivity contribution is -0.137. The Morgan fingerprint density at radius 1 is 1.39 bits per heavy atom. The SMILES string of the molecule is CC(CNCc1cccc(C(F)(F)F)c1)S(C)=O. The molecule has 0 saturated carbocycles. The van der Waals surface area contributed by atoms with Crippen molar-refractivity contribution in [2.45, 2.75) is 24.9 Å². The molecule has 0 spiro atoms. The molecule has 0 bridgehead atoms. The number of benzene rings is 1. The van der Waals surface area contributed by atoms with Gasteiger partial charge in [0.2, 0.25) is 0 Å². The van der Waals surface area contributed by atoms with Gasteiger partial charge < -0.3 is 5.32 Å². The molecule has 1 aromatic carbocycles. The van der Waals surface area contributed by atoms with Crippen molar-refractivity contribution in [3.05, 3.63) is 35.4 Å². The second-order valence-corrected chi connectivity index (χ2v) is 5.94. The Hall–Kier alpha value is -0.880. The first-order chi connectivity index (χ1) is 8.30. The minimum Gasteiger partial charge on any atom is -0.311 e. The van der Waals surface area contributed by atoms with Crippen LogP contribution in [0.1, 0.15) is 18.1 Å². The Morgan fingerprint density at radius 3 is 2.61 bits per heavy atom. The number of alkyl halides is 3. The van der Waals surface area contributed by atoms with Gasteiger partial charge in [0.25, 0.3) is 0 Å². The van der Waals surface area contributed by atoms with Crippen LogP contribution < -0.4 is 5.32 Å². The lowest BCUT2D eigenvalue weighted by atomic mass is 10.1. The molecule has 0 fully saturated rings. The summed E-state index contributed by atoms with van der Waals surface area (Å²) in [5, 5.41) is 2.98. The minimum atomic E-state index is -4.31. The number of halogens is 3. The fraction of sp³-hybridized carbons (Fsp3) is 0.500. The monoisotopic (exact) mass is 279 g/mol. The molecule has 18 heavy (non-hydrogen) atoms. The third-order valence-electron chi connectivity index (χ3n) is 2.58. The largest absolute Gasteiger partial charge is 0.416 e. The van der Waals surface area contributed by atoms with E-state index in [-0.39, 0.29) is 5.25 Å². The highest BCUT2D eigenvalue weighted by Crippen LogP contribution is 2.29. The van der Waals surface area contributed by atoms with Crippen molar-refractivity contribution in [3.8, 4) is 0 Å². The summed E-state index contributed by atoms with van der Waals surface area (Å²) >= 11 is 0. The molecule has 1 aromatic rings. The molecule has 0 aliphatic heterocycles. The van der Waals surface area contributed by atoms with Crippen LogP contribution in [0.3, 0.4) is 0 Å². The predicted molar refractivity (Wildman–Crippen MR) is 66.7 cm³/mol. The molecule has 102 valence electrons. The molecular formula is C12H16F3NOS. The van der Waals surface area contributed by atoms with Gasteiger partial charge in [-0.25, -0.2) is 0 Å². The first-order valence-corrected chi connectivity index (χ1v) is 7.12. The Balaban J connectivity index is 2.56. The normalized spacial score (nSPS) is 15.4. The van der Waals surface area contributed by atoms with Gasteiger partial charge in [0.1, 0.15) is 0 Å². The third kappa shape index (κ3) is 4.78. The topological polar surface area (TPSA) is 29.1 Å². The molecule has 2 nitrogen and oxygen atoms in total. The van der Waals surface area contributed by atoms with Crippen molar-refractivity contribution < 1.29 is 17.4 Å². The van der Waals surface area contributed by atoms with E-state index in [0.29, 0.717) is 18.7 Å². The highest BCUT2D eigenvalue weighted by atomic mass is 32.2. The molecule has 0 heterocycles. The van der Waals surface area contributed by atoms with E-state index in [2.05, 4.69) is 5.32 Å². The number of rotatable bonds is 5. The van der Waals surface area contributed by atoms with Crippen LogP contribution in [0.2, 0.25) is 0 Å². The summed E-state index contributed by atoms with van der Waals surface area (Å²) in [5.74, 6) is 0. The average molecular weight is 279 g/mol. The zero-order valence-corrected chi connectivity index (χ0v) is 11.1. The lowest BCUT2D eigenvalue weighted by Crippen LogP contribution is -2.27. The van der Waals surface area contributed by atoms with Gasteiger partial charge in [-0.15, -0.1) is 0 Å². The van der Waals surface area contributed by atoms with E-state index in [1.165, 1.54) is 6.07 Å². The molecule has 0 aliphatic carbocycles. The Morgan fingerprint density at radius 2 is 2.06 bits per heavy atom. The van der Waals surface area contributed by atoms with Gasteiger partial charge in [0.15, 0.2) is 0 Å². The molecule has 1 N–H and O–H groups in total. The van der Waals surface area contributed by atoms with Crippen molar-refractivity contribution >= 4 is 10.8 Å². The Labute approximate surface area is 107 Å². The molecule has 2 unspecified atom stereocenters. The molecule has 0 aromatic heterocycles. The van der Waals surface area contributed by atoms with E-state index in [0.717, 1.165) is 12.1 Å². The standard InChI is InChI=1S/C12H16F3NOS/c1-9(18(2)17)7-16-8-10-4-3-5-11(6-10)12(13,14)15/h3-6,9,16H,7-8H2,1-2H3. The van der Waals surface area contributed by atoms with E-state index < -0.39 is 22.5 Å². The van der Waals surface area contributed by atoms with Crippen molar-refractivity contribution in [2.24, 2.45) is 0 Å². The van der Waals surface area contributed by atoms with Crippen LogP contribution in [0.15, 0.2) is 24.3 Å². The summed E-state index contributed by atoms with van der Waals surface area (Å²) in [6, 6.07) is 5.20. The highest BCUT2D eigenvalue weighted by molar-refractivity contribution is 7.84. The van der Waals surface area contributed by atoms with E-state index in [1.807, 2.05) is 6.92 Å². The Bertz CT molecular complexity index is 420. The zero-order valence-electron chi connectivity index (χ0n) is 10.3. The fourth-order valence-electron chi connectivity index (χ4n) is 1.39. The molecule has 0 aliphatic rings. The number of hydrogen-bond donors (Lipinski definition) is 1. The van der Waals surface area contributed by atoms with Gasteiger partial charge in [-0.05, 0) is 18.6 Å². The van der Waals surface area contributed by atoms with Gasteiger partial charge in [-0.1, -0.05) is 18.2 Å². The smallest absolute Gasteiger partial charge is 0.311 e. The first kappa shape index (κ1) is 15.2. The second kappa shape index (κ2) is 6.33. The summed E-state index contributed by atoms with van der Waals surface area (Å²) in [4.78, 5) is 0. The molecular weight excluding hydrogens is 263 g/mol. The molecule has 0 radical (unpaired) electrons. The van der Waals surface area contributed by atoms with Crippen molar-refractivity contribution in [3.63, 3.8) is 0 Å². The summed E-state index contributed by atoms with van der Waals surface area (Å²) in [5.41, 5.74) is -0.0761. The molecule has 0 amide bonds. The maximum Gasteiger partial charge on any atom is 0.416 e. The molecule has 6 heteroatoms. The van der Waals surface area contributed by atoms with Crippen LogP contribution in [0.5, 0.6) is 0 Å². The van der Waals surface area contributed by atoms with E-state index in [9.17, 15) is 17.4 Å². The van der Waals surface area contributed by atoms with Crippen LogP contribution in [-0.2, 0) is 23.5 Å². The quantitative estimate of drug-likeness (QED) is 0.897. The van der Waals surface area contributed by atoms with Crippen LogP contribution in [0.25, 0.3) is 0 Å². The minimum absolute atomic E-state index is 0.0178. The summed E-state index contributed by atoms with van der Waals surface area (Å²) in [7, 11) is -0.929. The summed E-state index contributed by atoms with van der Waals surface area (Å²) in [6.07, 6.45) is -2.70. The predicted octanol–water partition coefficient (Wildman–Crippen LogP) is 2.56. The fourth-order valence-corrected chi connectivity index (χ4v) is 1.75. The van der Waals surface area contributed by atoms with Crippen LogP contribution >= 0.6 is 0 Å². The van der Waals surface area contributed by atoms with E-state index >= 15 is 0 Å². The third-order valence-corrected chi connectivity index (χ3v) is 3.88.